The van der Waals surface area contributed by atoms with Gasteiger partial charge in [0.25, 0.3) is 5.91 Å². The van der Waals surface area contributed by atoms with Crippen LogP contribution in [-0.4, -0.2) is 76.0 Å². The van der Waals surface area contributed by atoms with E-state index in [1.54, 1.807) is 0 Å². The Morgan fingerprint density at radius 1 is 1.08 bits per heavy atom. The fourth-order valence-corrected chi connectivity index (χ4v) is 6.19. The van der Waals surface area contributed by atoms with Gasteiger partial charge in [-0.05, 0) is 56.6 Å². The van der Waals surface area contributed by atoms with Gasteiger partial charge in [0, 0.05) is 37.1 Å². The molecule has 12 heteroatoms. The molecule has 39 heavy (non-hydrogen) atoms. The average molecular weight is 563 g/mol. The topological polar surface area (TPSA) is 87.9 Å². The van der Waals surface area contributed by atoms with Crippen LogP contribution >= 0.6 is 11.3 Å². The molecule has 6 rings (SSSR count). The number of amides is 1. The molecule has 3 aliphatic heterocycles. The smallest absolute Gasteiger partial charge is 0.482 e. The quantitative estimate of drug-likeness (QED) is 0.471. The largest absolute Gasteiger partial charge is 0.490 e. The first-order chi connectivity index (χ1) is 18.6. The fraction of sp³-hybridized carbons (Fsp3) is 0.444. The molecule has 5 heterocycles. The minimum atomic E-state index is -5.08. The SMILES string of the molecule is CN1CCC(n2ncc3c2-c2ccccc2OC32CCN(C(=O)c3cccs3)CC2)CC1.O=C(O)C(F)(F)F. The number of likely N-dealkylation sites (tertiary alicyclic amines) is 2. The highest BCUT2D eigenvalue weighted by atomic mass is 32.1. The Balaban J connectivity index is 0.000000392. The summed E-state index contributed by atoms with van der Waals surface area (Å²) in [6.45, 7) is 3.58. The van der Waals surface area contributed by atoms with E-state index in [0.717, 1.165) is 55.0 Å². The first-order valence-electron chi connectivity index (χ1n) is 12.8. The molecule has 2 fully saturated rings. The van der Waals surface area contributed by atoms with Crippen LogP contribution in [0.2, 0.25) is 0 Å². The summed E-state index contributed by atoms with van der Waals surface area (Å²) in [5.41, 5.74) is 3.14. The van der Waals surface area contributed by atoms with Crippen LogP contribution in [0.25, 0.3) is 11.3 Å². The number of rotatable bonds is 2. The van der Waals surface area contributed by atoms with Gasteiger partial charge < -0.3 is 19.6 Å². The summed E-state index contributed by atoms with van der Waals surface area (Å²) < 4.78 is 40.7. The van der Waals surface area contributed by atoms with Crippen LogP contribution in [0.5, 0.6) is 5.75 Å². The van der Waals surface area contributed by atoms with E-state index in [0.29, 0.717) is 19.1 Å². The van der Waals surface area contributed by atoms with Gasteiger partial charge in [0.05, 0.1) is 22.8 Å². The molecule has 1 N–H and O–H groups in total. The number of hydrogen-bond donors (Lipinski definition) is 1. The van der Waals surface area contributed by atoms with E-state index in [1.165, 1.54) is 22.6 Å². The molecule has 0 bridgehead atoms. The van der Waals surface area contributed by atoms with Crippen LogP contribution in [-0.2, 0) is 10.4 Å². The molecular weight excluding hydrogens is 533 g/mol. The Bertz CT molecular complexity index is 1330. The Morgan fingerprint density at radius 2 is 1.74 bits per heavy atom. The monoisotopic (exact) mass is 562 g/mol. The molecule has 208 valence electrons. The molecular formula is C27H29F3N4O4S. The van der Waals surface area contributed by atoms with Crippen molar-refractivity contribution in [2.75, 3.05) is 33.2 Å². The number of alkyl halides is 3. The highest BCUT2D eigenvalue weighted by molar-refractivity contribution is 7.12. The Kier molecular flexibility index (Phi) is 7.43. The number of aromatic nitrogens is 2. The third-order valence-electron chi connectivity index (χ3n) is 7.60. The van der Waals surface area contributed by atoms with E-state index in [4.69, 9.17) is 19.7 Å². The molecule has 8 nitrogen and oxygen atoms in total. The van der Waals surface area contributed by atoms with E-state index >= 15 is 0 Å². The first kappa shape index (κ1) is 27.2. The van der Waals surface area contributed by atoms with Gasteiger partial charge in [-0.1, -0.05) is 18.2 Å². The molecule has 1 amide bonds. The highest BCUT2D eigenvalue weighted by Crippen LogP contribution is 2.50. The number of aliphatic carboxylic acids is 1. The normalized spacial score (nSPS) is 18.9. The number of para-hydroxylation sites is 1. The van der Waals surface area contributed by atoms with Gasteiger partial charge in [0.15, 0.2) is 0 Å². The van der Waals surface area contributed by atoms with Crippen molar-refractivity contribution in [3.8, 4) is 17.0 Å². The second-order valence-electron chi connectivity index (χ2n) is 10.1. The van der Waals surface area contributed by atoms with Crippen molar-refractivity contribution >= 4 is 23.2 Å². The molecule has 2 aromatic heterocycles. The lowest BCUT2D eigenvalue weighted by Crippen LogP contribution is -2.49. The number of benzene rings is 1. The molecule has 0 atom stereocenters. The predicted octanol–water partition coefficient (Wildman–Crippen LogP) is 5.04. The zero-order valence-electron chi connectivity index (χ0n) is 21.4. The molecule has 1 aromatic carbocycles. The number of carbonyl (C=O) groups is 2. The summed E-state index contributed by atoms with van der Waals surface area (Å²) in [5.74, 6) is -1.69. The van der Waals surface area contributed by atoms with E-state index in [9.17, 15) is 18.0 Å². The minimum absolute atomic E-state index is 0.133. The number of hydrogen-bond acceptors (Lipinski definition) is 6. The number of halogens is 3. The number of piperidine rings is 2. The summed E-state index contributed by atoms with van der Waals surface area (Å²) in [5, 5.41) is 14.0. The minimum Gasteiger partial charge on any atom is -0.482 e. The van der Waals surface area contributed by atoms with Crippen molar-refractivity contribution in [3.63, 3.8) is 0 Å². The Morgan fingerprint density at radius 3 is 2.36 bits per heavy atom. The number of thiophene rings is 1. The Hall–Kier alpha value is -3.38. The number of carbonyl (C=O) groups excluding carboxylic acids is 1. The van der Waals surface area contributed by atoms with Gasteiger partial charge >= 0.3 is 12.1 Å². The van der Waals surface area contributed by atoms with Crippen molar-refractivity contribution in [2.24, 2.45) is 0 Å². The molecule has 1 spiro atoms. The van der Waals surface area contributed by atoms with Crippen LogP contribution in [0.1, 0.15) is 47.0 Å². The summed E-state index contributed by atoms with van der Waals surface area (Å²) >= 11 is 1.51. The summed E-state index contributed by atoms with van der Waals surface area (Å²) in [6, 6.07) is 12.6. The summed E-state index contributed by atoms with van der Waals surface area (Å²) in [4.78, 5) is 27.0. The molecule has 0 unspecified atom stereocenters. The van der Waals surface area contributed by atoms with Gasteiger partial charge in [-0.2, -0.15) is 18.3 Å². The van der Waals surface area contributed by atoms with Crippen LogP contribution in [0.15, 0.2) is 48.0 Å². The molecule has 0 radical (unpaired) electrons. The Labute approximate surface area is 227 Å². The maximum Gasteiger partial charge on any atom is 0.490 e. The molecule has 2 saturated heterocycles. The zero-order chi connectivity index (χ0) is 27.8. The lowest BCUT2D eigenvalue weighted by Gasteiger charge is -2.44. The van der Waals surface area contributed by atoms with Crippen LogP contribution < -0.4 is 4.74 Å². The number of fused-ring (bicyclic) bond motifs is 4. The van der Waals surface area contributed by atoms with Gasteiger partial charge in [0.1, 0.15) is 11.4 Å². The van der Waals surface area contributed by atoms with Gasteiger partial charge in [-0.25, -0.2) is 4.79 Å². The van der Waals surface area contributed by atoms with Crippen LogP contribution in [0.3, 0.4) is 0 Å². The molecule has 0 saturated carbocycles. The van der Waals surface area contributed by atoms with E-state index in [1.807, 2.05) is 34.7 Å². The molecule has 3 aliphatic rings. The maximum absolute atomic E-state index is 12.9. The number of ether oxygens (including phenoxy) is 1. The van der Waals surface area contributed by atoms with Crippen molar-refractivity contribution in [3.05, 3.63) is 58.4 Å². The average Bonchev–Trinajstić information content (AvgIpc) is 3.61. The van der Waals surface area contributed by atoms with Crippen LogP contribution in [0, 0.1) is 0 Å². The van der Waals surface area contributed by atoms with Crippen molar-refractivity contribution < 1.29 is 32.6 Å². The second kappa shape index (κ2) is 10.6. The fourth-order valence-electron chi connectivity index (χ4n) is 5.50. The van der Waals surface area contributed by atoms with Crippen LogP contribution in [0.4, 0.5) is 13.2 Å². The van der Waals surface area contributed by atoms with E-state index < -0.39 is 17.7 Å². The van der Waals surface area contributed by atoms with Crippen molar-refractivity contribution in [1.82, 2.24) is 19.6 Å². The van der Waals surface area contributed by atoms with Gasteiger partial charge in [-0.15, -0.1) is 11.3 Å². The standard InChI is InChI=1S/C25H28N4O2S.C2HF3O2/c1-27-12-8-18(9-13-27)29-23-19-5-2-3-6-21(19)31-25(20(23)17-26-29)10-14-28(15-11-25)24(30)22-7-4-16-32-22;3-2(4,5)1(6)7/h2-7,16-18H,8-15H2,1H3;(H,6,7). The molecule has 0 aliphatic carbocycles. The highest BCUT2D eigenvalue weighted by Gasteiger charge is 2.46. The van der Waals surface area contributed by atoms with Gasteiger partial charge in [0.2, 0.25) is 0 Å². The maximum atomic E-state index is 12.9. The number of carboxylic acids is 1. The zero-order valence-corrected chi connectivity index (χ0v) is 22.2. The first-order valence-corrected chi connectivity index (χ1v) is 13.6. The lowest BCUT2D eigenvalue weighted by molar-refractivity contribution is -0.192. The second-order valence-corrected chi connectivity index (χ2v) is 11.0. The van der Waals surface area contributed by atoms with E-state index in [-0.39, 0.29) is 5.91 Å². The molecule has 3 aromatic rings. The lowest BCUT2D eigenvalue weighted by atomic mass is 9.80. The van der Waals surface area contributed by atoms with E-state index in [2.05, 4.69) is 34.8 Å². The third-order valence-corrected chi connectivity index (χ3v) is 8.46. The van der Waals surface area contributed by atoms with Crippen molar-refractivity contribution in [1.29, 1.82) is 0 Å². The van der Waals surface area contributed by atoms with Gasteiger partial charge in [-0.3, -0.25) is 9.48 Å². The number of carboxylic acid groups (broad SMARTS) is 1. The van der Waals surface area contributed by atoms with Crippen molar-refractivity contribution in [2.45, 2.75) is 43.5 Å². The third kappa shape index (κ3) is 5.40. The summed E-state index contributed by atoms with van der Waals surface area (Å²) in [7, 11) is 2.19. The summed E-state index contributed by atoms with van der Waals surface area (Å²) in [6.07, 6.45) is 0.753. The number of nitrogens with zero attached hydrogens (tertiary/aromatic N) is 4. The predicted molar refractivity (Wildman–Crippen MR) is 139 cm³/mol.